The highest BCUT2D eigenvalue weighted by molar-refractivity contribution is 5.80. The van der Waals surface area contributed by atoms with Crippen molar-refractivity contribution in [3.05, 3.63) is 46.3 Å². The number of rotatable bonds is 11. The molecule has 2 rings (SSSR count). The van der Waals surface area contributed by atoms with E-state index in [0.29, 0.717) is 5.56 Å². The summed E-state index contributed by atoms with van der Waals surface area (Å²) < 4.78 is 32.6. The summed E-state index contributed by atoms with van der Waals surface area (Å²) in [7, 11) is 0. The van der Waals surface area contributed by atoms with E-state index in [1.54, 1.807) is 30.3 Å². The van der Waals surface area contributed by atoms with Crippen molar-refractivity contribution in [2.45, 2.75) is 83.7 Å². The third-order valence-electron chi connectivity index (χ3n) is 5.60. The number of carbonyl (C=O) groups is 5. The zero-order chi connectivity index (χ0) is 29.2. The molecule has 0 radical (unpaired) electrons. The Morgan fingerprint density at radius 3 is 1.90 bits per heavy atom. The second-order valence-corrected chi connectivity index (χ2v) is 8.97. The van der Waals surface area contributed by atoms with E-state index in [1.165, 1.54) is 6.92 Å². The Hall–Kier alpha value is -4.16. The van der Waals surface area contributed by atoms with Gasteiger partial charge >= 0.3 is 29.8 Å². The fraction of sp³-hybridized carbons (Fsp3) is 0.560. The molecule has 0 aromatic heterocycles. The molecule has 0 saturated carbocycles. The second-order valence-electron chi connectivity index (χ2n) is 8.97. The van der Waals surface area contributed by atoms with Crippen LogP contribution in [-0.2, 0) is 59.0 Å². The molecule has 0 N–H and O–H groups in total. The van der Waals surface area contributed by atoms with E-state index in [-0.39, 0.29) is 6.61 Å². The van der Waals surface area contributed by atoms with Crippen molar-refractivity contribution in [1.82, 2.24) is 0 Å². The summed E-state index contributed by atoms with van der Waals surface area (Å²) in [5.74, 6) is -3.97. The van der Waals surface area contributed by atoms with Gasteiger partial charge in [0, 0.05) is 32.6 Å². The Morgan fingerprint density at radius 1 is 0.846 bits per heavy atom. The molecule has 14 heteroatoms. The summed E-state index contributed by atoms with van der Waals surface area (Å²) in [4.78, 5) is 63.3. The molecule has 6 atom stereocenters. The average Bonchev–Trinajstić information content (AvgIpc) is 2.85. The number of esters is 5. The van der Waals surface area contributed by atoms with Gasteiger partial charge < -0.3 is 28.4 Å². The molecule has 1 fully saturated rings. The smallest absolute Gasteiger partial charge is 0.318 e. The van der Waals surface area contributed by atoms with E-state index < -0.39 is 78.9 Å². The van der Waals surface area contributed by atoms with E-state index in [9.17, 15) is 29.5 Å². The molecule has 0 bridgehead atoms. The van der Waals surface area contributed by atoms with Crippen molar-refractivity contribution in [2.75, 3.05) is 6.61 Å². The van der Waals surface area contributed by atoms with Crippen molar-refractivity contribution in [3.63, 3.8) is 0 Å². The molecule has 212 valence electrons. The number of hydrogen-bond acceptors (Lipinski definition) is 12. The van der Waals surface area contributed by atoms with Crippen LogP contribution in [0.25, 0.3) is 10.4 Å². The third kappa shape index (κ3) is 9.27. The van der Waals surface area contributed by atoms with E-state index in [1.807, 2.05) is 0 Å². The zero-order valence-electron chi connectivity index (χ0n) is 22.2. The monoisotopic (exact) mass is 549 g/mol. The van der Waals surface area contributed by atoms with Gasteiger partial charge in [-0.15, -0.1) is 0 Å². The molecular weight excluding hydrogens is 518 g/mol. The van der Waals surface area contributed by atoms with E-state index in [0.717, 1.165) is 27.7 Å². The summed E-state index contributed by atoms with van der Waals surface area (Å²) in [6.07, 6.45) is -7.10. The van der Waals surface area contributed by atoms with Crippen molar-refractivity contribution < 1.29 is 52.4 Å². The molecule has 1 aromatic rings. The highest BCUT2D eigenvalue weighted by Gasteiger charge is 2.54. The normalized spacial score (nSPS) is 23.7. The van der Waals surface area contributed by atoms with Gasteiger partial charge in [0.25, 0.3) is 0 Å². The summed E-state index contributed by atoms with van der Waals surface area (Å²) in [6.45, 7) is 5.17. The first-order valence-corrected chi connectivity index (χ1v) is 11.9. The molecule has 0 unspecified atom stereocenters. The van der Waals surface area contributed by atoms with Crippen LogP contribution in [0.4, 0.5) is 0 Å². The molecule has 14 nitrogen and oxygen atoms in total. The van der Waals surface area contributed by atoms with Crippen molar-refractivity contribution in [3.8, 4) is 0 Å². The number of carbonyl (C=O) groups excluding carboxylic acids is 5. The van der Waals surface area contributed by atoms with Gasteiger partial charge in [0.05, 0.1) is 0 Å². The van der Waals surface area contributed by atoms with Crippen LogP contribution in [0.1, 0.15) is 46.6 Å². The molecule has 1 aromatic carbocycles. The van der Waals surface area contributed by atoms with Crippen molar-refractivity contribution in [2.24, 2.45) is 5.11 Å². The van der Waals surface area contributed by atoms with Crippen LogP contribution < -0.4 is 0 Å². The molecular formula is C25H31N3O11. The van der Waals surface area contributed by atoms with Crippen LogP contribution in [0.2, 0.25) is 0 Å². The predicted octanol–water partition coefficient (Wildman–Crippen LogP) is 2.31. The second kappa shape index (κ2) is 14.1. The maximum Gasteiger partial charge on any atom is 0.318 e. The predicted molar refractivity (Wildman–Crippen MR) is 130 cm³/mol. The Kier molecular flexibility index (Phi) is 11.2. The largest absolute Gasteiger partial charge is 0.463 e. The molecule has 39 heavy (non-hydrogen) atoms. The number of benzene rings is 1. The molecule has 0 aliphatic carbocycles. The number of ether oxygens (including phenoxy) is 6. The lowest BCUT2D eigenvalue weighted by Crippen LogP contribution is -2.63. The minimum absolute atomic E-state index is 0.116. The van der Waals surface area contributed by atoms with E-state index >= 15 is 0 Å². The first-order chi connectivity index (χ1) is 18.4. The highest BCUT2D eigenvalue weighted by atomic mass is 16.7. The first-order valence-electron chi connectivity index (χ1n) is 11.9. The lowest BCUT2D eigenvalue weighted by molar-refractivity contribution is -0.255. The summed E-state index contributed by atoms with van der Waals surface area (Å²) in [5, 5.41) is 3.64. The summed E-state index contributed by atoms with van der Waals surface area (Å²) in [6, 6.07) is 8.77. The topological polar surface area (TPSA) is 189 Å². The molecule has 1 saturated heterocycles. The van der Waals surface area contributed by atoms with E-state index in [4.69, 9.17) is 28.4 Å². The standard InChI is InChI=1S/C25H31N3O11/c1-14(29)34-13-20-22(37-16(3)31)23(38-17(4)32)21(36-15(2)30)19(39-20)11-25(5,27-28-26)24(33)35-12-18-9-7-6-8-10-18/h6-10,19-23H,11-13H2,1-5H3/t19-,20+,21-,22+,23+,25-/m0/s1. The average molecular weight is 550 g/mol. The number of nitrogens with zero attached hydrogens (tertiary/aromatic N) is 3. The molecule has 0 amide bonds. The van der Waals surface area contributed by atoms with Crippen LogP contribution in [0.5, 0.6) is 0 Å². The highest BCUT2D eigenvalue weighted by Crippen LogP contribution is 2.34. The van der Waals surface area contributed by atoms with Crippen LogP contribution >= 0.6 is 0 Å². The Labute approximate surface area is 224 Å². The SMILES string of the molecule is CC(=O)OC[C@H]1O[C@@H](C[C@](C)(N=[N+]=[N-])C(=O)OCc2ccccc2)[C@H](OC(C)=O)[C@@H](OC(C)=O)[C@@H]1OC(C)=O. The Bertz CT molecular complexity index is 1110. The number of hydrogen-bond donors (Lipinski definition) is 0. The van der Waals surface area contributed by atoms with Gasteiger partial charge in [-0.2, -0.15) is 0 Å². The molecule has 0 spiro atoms. The lowest BCUT2D eigenvalue weighted by atomic mass is 9.86. The third-order valence-corrected chi connectivity index (χ3v) is 5.60. The molecule has 1 heterocycles. The quantitative estimate of drug-likeness (QED) is 0.129. The van der Waals surface area contributed by atoms with Crippen molar-refractivity contribution in [1.29, 1.82) is 0 Å². The minimum Gasteiger partial charge on any atom is -0.463 e. The van der Waals surface area contributed by atoms with Crippen LogP contribution in [-0.4, -0.2) is 72.5 Å². The van der Waals surface area contributed by atoms with Crippen LogP contribution in [0.15, 0.2) is 35.4 Å². The fourth-order valence-corrected chi connectivity index (χ4v) is 4.02. The summed E-state index contributed by atoms with van der Waals surface area (Å²) in [5.41, 5.74) is 8.03. The van der Waals surface area contributed by atoms with Gasteiger partial charge in [-0.1, -0.05) is 35.4 Å². The maximum atomic E-state index is 13.1. The van der Waals surface area contributed by atoms with Crippen LogP contribution in [0, 0.1) is 0 Å². The minimum atomic E-state index is -1.88. The van der Waals surface area contributed by atoms with Gasteiger partial charge in [-0.3, -0.25) is 24.0 Å². The van der Waals surface area contributed by atoms with Gasteiger partial charge in [-0.25, -0.2) is 0 Å². The first kappa shape index (κ1) is 31.1. The van der Waals surface area contributed by atoms with Gasteiger partial charge in [0.2, 0.25) is 0 Å². The zero-order valence-corrected chi connectivity index (χ0v) is 22.2. The van der Waals surface area contributed by atoms with Crippen molar-refractivity contribution >= 4 is 29.8 Å². The summed E-state index contributed by atoms with van der Waals surface area (Å²) >= 11 is 0. The Balaban J connectivity index is 2.47. The fourth-order valence-electron chi connectivity index (χ4n) is 4.02. The van der Waals surface area contributed by atoms with Gasteiger partial charge in [-0.05, 0) is 24.4 Å². The Morgan fingerprint density at radius 2 is 1.38 bits per heavy atom. The number of azide groups is 1. The molecule has 1 aliphatic rings. The van der Waals surface area contributed by atoms with Gasteiger partial charge in [0.1, 0.15) is 31.0 Å². The van der Waals surface area contributed by atoms with E-state index in [2.05, 4.69) is 10.0 Å². The lowest BCUT2D eigenvalue weighted by Gasteiger charge is -2.45. The molecule has 1 aliphatic heterocycles. The van der Waals surface area contributed by atoms with Gasteiger partial charge in [0.15, 0.2) is 18.3 Å². The van der Waals surface area contributed by atoms with Crippen LogP contribution in [0.3, 0.4) is 0 Å². The maximum absolute atomic E-state index is 13.1.